The molecule has 38 heavy (non-hydrogen) atoms. The first-order chi connectivity index (χ1) is 17.9. The average molecular weight is 539 g/mol. The van der Waals surface area contributed by atoms with Gasteiger partial charge in [0.25, 0.3) is 5.56 Å². The lowest BCUT2D eigenvalue weighted by Gasteiger charge is -2.33. The number of benzene rings is 2. The van der Waals surface area contributed by atoms with Crippen molar-refractivity contribution in [1.29, 1.82) is 0 Å². The maximum absolute atomic E-state index is 13.3. The number of Topliss-reactive ketones (excluding diaryl/α,β-unsaturated/α-hetero) is 1. The van der Waals surface area contributed by atoms with Gasteiger partial charge in [-0.3, -0.25) is 19.1 Å². The molecule has 1 N–H and O–H groups in total. The first-order valence-corrected chi connectivity index (χ1v) is 13.1. The molecule has 1 amide bonds. The first kappa shape index (κ1) is 27.5. The summed E-state index contributed by atoms with van der Waals surface area (Å²) in [6.07, 6.45) is 0.824. The number of likely N-dealkylation sites (N-methyl/N-ethyl adjacent to an activating group) is 1. The highest BCUT2D eigenvalue weighted by Crippen LogP contribution is 2.40. The van der Waals surface area contributed by atoms with Crippen LogP contribution in [0.15, 0.2) is 47.3 Å². The van der Waals surface area contributed by atoms with E-state index in [0.29, 0.717) is 35.0 Å². The summed E-state index contributed by atoms with van der Waals surface area (Å²) >= 11 is 6.32. The van der Waals surface area contributed by atoms with Crippen LogP contribution >= 0.6 is 11.6 Å². The minimum absolute atomic E-state index is 0.0479. The van der Waals surface area contributed by atoms with Gasteiger partial charge >= 0.3 is 0 Å². The number of nitrogens with zero attached hydrogens (tertiary/aromatic N) is 3. The van der Waals surface area contributed by atoms with E-state index in [4.69, 9.17) is 16.3 Å². The van der Waals surface area contributed by atoms with Gasteiger partial charge in [0.2, 0.25) is 5.91 Å². The third-order valence-corrected chi connectivity index (χ3v) is 7.30. The molecular weight excluding hydrogens is 504 g/mol. The third-order valence-electron chi connectivity index (χ3n) is 7.08. The number of fused-ring (bicyclic) bond motifs is 1. The Labute approximate surface area is 228 Å². The molecular formula is C29H35ClN4O4. The molecule has 0 spiro atoms. The van der Waals surface area contributed by atoms with Crippen molar-refractivity contribution in [1.82, 2.24) is 9.36 Å². The van der Waals surface area contributed by atoms with Crippen LogP contribution in [0.25, 0.3) is 5.69 Å². The van der Waals surface area contributed by atoms with E-state index in [-0.39, 0.29) is 41.9 Å². The van der Waals surface area contributed by atoms with Gasteiger partial charge in [0.15, 0.2) is 11.5 Å². The number of carbonyl (C=O) groups excluding carboxylic acids is 2. The Morgan fingerprint density at radius 1 is 1.16 bits per heavy atom. The van der Waals surface area contributed by atoms with Crippen LogP contribution in [0.1, 0.15) is 56.1 Å². The number of ether oxygens (including phenoxy) is 1. The van der Waals surface area contributed by atoms with E-state index in [1.165, 1.54) is 4.68 Å². The predicted molar refractivity (Wildman–Crippen MR) is 151 cm³/mol. The van der Waals surface area contributed by atoms with E-state index in [0.717, 1.165) is 11.4 Å². The standard InChI is InChI=1S/C29H35ClN4O4/c1-18-17-32(5)23-15-20(30)14-22(27(23)38-18)24(35)12-13-29(3,4)16-25(36)31-26-19(2)33(6)34(28(26)37)21-10-8-7-9-11-21/h7-11,14-15,18H,12-13,16-17H2,1-6H3,(H,31,36). The van der Waals surface area contributed by atoms with Crippen molar-refractivity contribution in [2.24, 2.45) is 12.5 Å². The number of aromatic nitrogens is 2. The summed E-state index contributed by atoms with van der Waals surface area (Å²) in [6, 6.07) is 12.7. The van der Waals surface area contributed by atoms with E-state index < -0.39 is 5.41 Å². The molecule has 2 aromatic carbocycles. The second kappa shape index (κ2) is 10.7. The van der Waals surface area contributed by atoms with Crippen molar-refractivity contribution in [3.63, 3.8) is 0 Å². The highest BCUT2D eigenvalue weighted by atomic mass is 35.5. The lowest BCUT2D eigenvalue weighted by atomic mass is 9.82. The van der Waals surface area contributed by atoms with Crippen molar-refractivity contribution in [2.45, 2.75) is 53.1 Å². The lowest BCUT2D eigenvalue weighted by molar-refractivity contribution is -0.118. The second-order valence-corrected chi connectivity index (χ2v) is 11.3. The molecule has 1 aliphatic heterocycles. The number of ketones is 1. The van der Waals surface area contributed by atoms with Gasteiger partial charge in [-0.1, -0.05) is 43.6 Å². The zero-order chi connectivity index (χ0) is 27.8. The molecule has 0 saturated heterocycles. The number of rotatable bonds is 8. The number of halogens is 1. The first-order valence-electron chi connectivity index (χ1n) is 12.8. The molecule has 0 aliphatic carbocycles. The number of hydrogen-bond donors (Lipinski definition) is 1. The van der Waals surface area contributed by atoms with Crippen LogP contribution in [-0.2, 0) is 11.8 Å². The van der Waals surface area contributed by atoms with Crippen molar-refractivity contribution in [2.75, 3.05) is 23.8 Å². The number of para-hydroxylation sites is 1. The third kappa shape index (κ3) is 5.65. The SMILES string of the molecule is Cc1c(NC(=O)CC(C)(C)CCC(=O)c2cc(Cl)cc3c2OC(C)CN3C)c(=O)n(-c2ccccc2)n1C. The number of nitrogens with one attached hydrogen (secondary N) is 1. The fraction of sp³-hybridized carbons (Fsp3) is 0.414. The molecule has 4 rings (SSSR count). The monoisotopic (exact) mass is 538 g/mol. The molecule has 0 saturated carbocycles. The van der Waals surface area contributed by atoms with Crippen LogP contribution in [0, 0.1) is 12.3 Å². The van der Waals surface area contributed by atoms with Gasteiger partial charge in [-0.2, -0.15) is 0 Å². The molecule has 8 nitrogen and oxygen atoms in total. The summed E-state index contributed by atoms with van der Waals surface area (Å²) in [5, 5.41) is 3.30. The molecule has 0 radical (unpaired) electrons. The maximum Gasteiger partial charge on any atom is 0.295 e. The molecule has 9 heteroatoms. The van der Waals surface area contributed by atoms with Crippen molar-refractivity contribution < 1.29 is 14.3 Å². The van der Waals surface area contributed by atoms with E-state index in [9.17, 15) is 14.4 Å². The molecule has 202 valence electrons. The van der Waals surface area contributed by atoms with Gasteiger partial charge in [-0.05, 0) is 49.9 Å². The maximum atomic E-state index is 13.3. The molecule has 1 aromatic heterocycles. The molecule has 0 bridgehead atoms. The van der Waals surface area contributed by atoms with Crippen molar-refractivity contribution in [3.8, 4) is 11.4 Å². The van der Waals surface area contributed by atoms with Crippen LogP contribution < -0.4 is 20.5 Å². The van der Waals surface area contributed by atoms with Gasteiger partial charge in [-0.15, -0.1) is 0 Å². The van der Waals surface area contributed by atoms with E-state index in [2.05, 4.69) is 5.32 Å². The summed E-state index contributed by atoms with van der Waals surface area (Å²) in [4.78, 5) is 41.5. The van der Waals surface area contributed by atoms with Gasteiger partial charge in [0.1, 0.15) is 11.8 Å². The average Bonchev–Trinajstić information content (AvgIpc) is 3.05. The van der Waals surface area contributed by atoms with Crippen molar-refractivity contribution in [3.05, 3.63) is 69.1 Å². The van der Waals surface area contributed by atoms with Crippen LogP contribution in [0.3, 0.4) is 0 Å². The minimum Gasteiger partial charge on any atom is -0.486 e. The highest BCUT2D eigenvalue weighted by Gasteiger charge is 2.29. The highest BCUT2D eigenvalue weighted by molar-refractivity contribution is 6.31. The van der Waals surface area contributed by atoms with E-state index in [1.807, 2.05) is 69.1 Å². The Hall–Kier alpha value is -3.52. The zero-order valence-corrected chi connectivity index (χ0v) is 23.6. The fourth-order valence-corrected chi connectivity index (χ4v) is 5.13. The molecule has 3 aromatic rings. The number of amides is 1. The normalized spacial score (nSPS) is 15.1. The predicted octanol–water partition coefficient (Wildman–Crippen LogP) is 5.37. The largest absolute Gasteiger partial charge is 0.486 e. The smallest absolute Gasteiger partial charge is 0.295 e. The van der Waals surface area contributed by atoms with E-state index in [1.54, 1.807) is 24.7 Å². The zero-order valence-electron chi connectivity index (χ0n) is 22.8. The number of carbonyl (C=O) groups is 2. The van der Waals surface area contributed by atoms with Crippen LogP contribution in [0.4, 0.5) is 11.4 Å². The van der Waals surface area contributed by atoms with Gasteiger partial charge in [-0.25, -0.2) is 4.68 Å². The Morgan fingerprint density at radius 3 is 2.53 bits per heavy atom. The quantitative estimate of drug-likeness (QED) is 0.389. The van der Waals surface area contributed by atoms with E-state index >= 15 is 0 Å². The Morgan fingerprint density at radius 2 is 1.84 bits per heavy atom. The van der Waals surface area contributed by atoms with Gasteiger partial charge in [0, 0.05) is 32.0 Å². The van der Waals surface area contributed by atoms with Crippen molar-refractivity contribution >= 4 is 34.7 Å². The van der Waals surface area contributed by atoms with Gasteiger partial charge in [0.05, 0.1) is 29.2 Å². The van der Waals surface area contributed by atoms with Crippen LogP contribution in [-0.4, -0.2) is 40.8 Å². The second-order valence-electron chi connectivity index (χ2n) is 10.9. The summed E-state index contributed by atoms with van der Waals surface area (Å²) in [6.45, 7) is 8.36. The summed E-state index contributed by atoms with van der Waals surface area (Å²) in [5.74, 6) is 0.210. The minimum atomic E-state index is -0.482. The topological polar surface area (TPSA) is 85.6 Å². The number of anilines is 2. The molecule has 1 unspecified atom stereocenters. The molecule has 1 atom stereocenters. The Balaban J connectivity index is 1.44. The molecule has 1 aliphatic rings. The summed E-state index contributed by atoms with van der Waals surface area (Å²) in [5.41, 5.74) is 2.13. The van der Waals surface area contributed by atoms with Crippen LogP contribution in [0.2, 0.25) is 5.02 Å². The Kier molecular flexibility index (Phi) is 7.74. The molecule has 0 fully saturated rings. The van der Waals surface area contributed by atoms with Gasteiger partial charge < -0.3 is 15.0 Å². The molecule has 2 heterocycles. The van der Waals surface area contributed by atoms with Crippen LogP contribution in [0.5, 0.6) is 5.75 Å². The fourth-order valence-electron chi connectivity index (χ4n) is 4.92. The lowest BCUT2D eigenvalue weighted by Crippen LogP contribution is -2.36. The summed E-state index contributed by atoms with van der Waals surface area (Å²) < 4.78 is 9.27. The Bertz CT molecular complexity index is 1420. The number of hydrogen-bond acceptors (Lipinski definition) is 5. The summed E-state index contributed by atoms with van der Waals surface area (Å²) in [7, 11) is 3.74.